The molecule has 2 saturated heterocycles. The van der Waals surface area contributed by atoms with Crippen LogP contribution in [0.5, 0.6) is 0 Å². The Morgan fingerprint density at radius 3 is 2.74 bits per heavy atom. The summed E-state index contributed by atoms with van der Waals surface area (Å²) in [5.74, 6) is 0.847. The molecule has 9 heteroatoms. The third-order valence-corrected chi connectivity index (χ3v) is 5.96. The van der Waals surface area contributed by atoms with E-state index in [1.165, 1.54) is 29.7 Å². The maximum Gasteiger partial charge on any atom is 0.255 e. The van der Waals surface area contributed by atoms with Crippen LogP contribution >= 0.6 is 0 Å². The number of amides is 2. The second kappa shape index (κ2) is 9.47. The largest absolute Gasteiger partial charge is 0.360 e. The number of hydrogen-bond acceptors (Lipinski definition) is 6. The zero-order valence-electron chi connectivity index (χ0n) is 17.9. The van der Waals surface area contributed by atoms with Gasteiger partial charge in [0.15, 0.2) is 5.82 Å². The van der Waals surface area contributed by atoms with Crippen LogP contribution in [0.1, 0.15) is 41.8 Å². The maximum absolute atomic E-state index is 13.1. The average molecular weight is 428 g/mol. The topological polar surface area (TPSA) is 101 Å². The van der Waals surface area contributed by atoms with Crippen molar-refractivity contribution in [3.8, 4) is 0 Å². The number of rotatable bonds is 6. The van der Waals surface area contributed by atoms with Crippen molar-refractivity contribution in [3.63, 3.8) is 0 Å². The number of aromatic nitrogens is 2. The summed E-state index contributed by atoms with van der Waals surface area (Å²) < 4.78 is 6.17. The quantitative estimate of drug-likeness (QED) is 0.754. The van der Waals surface area contributed by atoms with Gasteiger partial charge < -0.3 is 24.2 Å². The van der Waals surface area contributed by atoms with Gasteiger partial charge in [-0.25, -0.2) is 0 Å². The van der Waals surface area contributed by atoms with Crippen molar-refractivity contribution < 1.29 is 14.1 Å². The van der Waals surface area contributed by atoms with Gasteiger partial charge in [-0.05, 0) is 57.7 Å². The van der Waals surface area contributed by atoms with E-state index in [-0.39, 0.29) is 18.0 Å². The highest BCUT2D eigenvalue weighted by Gasteiger charge is 2.27. The number of likely N-dealkylation sites (tertiary alicyclic amines) is 2. The zero-order valence-corrected chi connectivity index (χ0v) is 17.9. The summed E-state index contributed by atoms with van der Waals surface area (Å²) in [6.45, 7) is 6.34. The van der Waals surface area contributed by atoms with Gasteiger partial charge in [0.1, 0.15) is 12.3 Å². The van der Waals surface area contributed by atoms with Crippen molar-refractivity contribution in [2.45, 2.75) is 39.2 Å². The van der Waals surface area contributed by atoms with Crippen molar-refractivity contribution in [3.05, 3.63) is 46.1 Å². The SMILES string of the molecule is Cc1cc(NC(=O)Cn2cc(C(=O)N3CCC[C@H](CN4CCCC4)C3)ccc2=O)no1. The van der Waals surface area contributed by atoms with E-state index in [0.717, 1.165) is 45.6 Å². The molecule has 2 aromatic heterocycles. The van der Waals surface area contributed by atoms with Crippen LogP contribution in [0.15, 0.2) is 33.7 Å². The fourth-order valence-electron chi connectivity index (χ4n) is 4.46. The molecule has 0 saturated carbocycles. The molecule has 0 bridgehead atoms. The molecule has 31 heavy (non-hydrogen) atoms. The minimum Gasteiger partial charge on any atom is -0.360 e. The molecule has 2 aliphatic heterocycles. The Kier molecular flexibility index (Phi) is 6.50. The molecular formula is C22H29N5O4. The van der Waals surface area contributed by atoms with Crippen molar-refractivity contribution in [2.75, 3.05) is 38.0 Å². The number of nitrogens with one attached hydrogen (secondary N) is 1. The third kappa shape index (κ3) is 5.41. The summed E-state index contributed by atoms with van der Waals surface area (Å²) in [6.07, 6.45) is 6.13. The minimum atomic E-state index is -0.413. The Balaban J connectivity index is 1.39. The van der Waals surface area contributed by atoms with Gasteiger partial charge in [0.05, 0.1) is 5.56 Å². The standard InChI is InChI=1S/C22H29N5O4/c1-16-11-19(24-31-16)23-20(28)15-27-14-18(6-7-21(27)29)22(30)26-10-4-5-17(13-26)12-25-8-2-3-9-25/h6-7,11,14,17H,2-5,8-10,12-13,15H2,1H3,(H,23,24,28)/t17-/m1/s1. The minimum absolute atomic E-state index is 0.0904. The normalized spacial score (nSPS) is 19.5. The highest BCUT2D eigenvalue weighted by Crippen LogP contribution is 2.21. The first kappa shape index (κ1) is 21.3. The Labute approximate surface area is 181 Å². The molecule has 0 aromatic carbocycles. The molecule has 166 valence electrons. The summed E-state index contributed by atoms with van der Waals surface area (Å²) in [4.78, 5) is 42.0. The number of carbonyl (C=O) groups is 2. The first-order valence-corrected chi connectivity index (χ1v) is 10.9. The van der Waals surface area contributed by atoms with Crippen LogP contribution in [0.2, 0.25) is 0 Å². The third-order valence-electron chi connectivity index (χ3n) is 5.96. The predicted molar refractivity (Wildman–Crippen MR) is 115 cm³/mol. The van der Waals surface area contributed by atoms with Gasteiger partial charge in [0.2, 0.25) is 5.91 Å². The Morgan fingerprint density at radius 1 is 1.19 bits per heavy atom. The molecule has 2 fully saturated rings. The Bertz CT molecular complexity index is 992. The van der Waals surface area contributed by atoms with Crippen LogP contribution in [0.4, 0.5) is 5.82 Å². The number of anilines is 1. The lowest BCUT2D eigenvalue weighted by atomic mass is 9.97. The maximum atomic E-state index is 13.1. The lowest BCUT2D eigenvalue weighted by Gasteiger charge is -2.34. The summed E-state index contributed by atoms with van der Waals surface area (Å²) in [5, 5.41) is 6.30. The molecule has 2 aliphatic rings. The van der Waals surface area contributed by atoms with Gasteiger partial charge in [0, 0.05) is 38.0 Å². The molecule has 4 heterocycles. The van der Waals surface area contributed by atoms with Crippen LogP contribution < -0.4 is 10.9 Å². The van der Waals surface area contributed by atoms with E-state index in [2.05, 4.69) is 15.4 Å². The van der Waals surface area contributed by atoms with Crippen LogP contribution in [-0.4, -0.2) is 64.1 Å². The van der Waals surface area contributed by atoms with E-state index in [9.17, 15) is 14.4 Å². The summed E-state index contributed by atoms with van der Waals surface area (Å²) in [6, 6.07) is 4.48. The van der Waals surface area contributed by atoms with Gasteiger partial charge in [-0.1, -0.05) is 5.16 Å². The van der Waals surface area contributed by atoms with Gasteiger partial charge in [-0.3, -0.25) is 14.4 Å². The highest BCUT2D eigenvalue weighted by molar-refractivity contribution is 5.94. The second-order valence-electron chi connectivity index (χ2n) is 8.52. The zero-order chi connectivity index (χ0) is 21.8. The average Bonchev–Trinajstić information content (AvgIpc) is 3.41. The Hall–Kier alpha value is -2.94. The summed E-state index contributed by atoms with van der Waals surface area (Å²) in [7, 11) is 0. The second-order valence-corrected chi connectivity index (χ2v) is 8.52. The molecule has 0 radical (unpaired) electrons. The van der Waals surface area contributed by atoms with Crippen LogP contribution in [0.25, 0.3) is 0 Å². The van der Waals surface area contributed by atoms with Crippen molar-refractivity contribution in [2.24, 2.45) is 5.92 Å². The van der Waals surface area contributed by atoms with E-state index in [1.807, 2.05) is 4.90 Å². The van der Waals surface area contributed by atoms with Crippen molar-refractivity contribution in [1.82, 2.24) is 19.5 Å². The number of piperidine rings is 1. The molecule has 0 aliphatic carbocycles. The monoisotopic (exact) mass is 427 g/mol. The molecular weight excluding hydrogens is 398 g/mol. The van der Waals surface area contributed by atoms with Crippen molar-refractivity contribution >= 4 is 17.6 Å². The van der Waals surface area contributed by atoms with E-state index in [4.69, 9.17) is 4.52 Å². The number of nitrogens with zero attached hydrogens (tertiary/aromatic N) is 4. The molecule has 0 unspecified atom stereocenters. The number of pyridine rings is 1. The summed E-state index contributed by atoms with van der Waals surface area (Å²) >= 11 is 0. The molecule has 2 amide bonds. The van der Waals surface area contributed by atoms with E-state index >= 15 is 0 Å². The summed E-state index contributed by atoms with van der Waals surface area (Å²) in [5.41, 5.74) is 0.0834. The Morgan fingerprint density at radius 2 is 2.00 bits per heavy atom. The lowest BCUT2D eigenvalue weighted by Crippen LogP contribution is -2.43. The fourth-order valence-corrected chi connectivity index (χ4v) is 4.46. The number of carbonyl (C=O) groups excluding carboxylic acids is 2. The molecule has 1 N–H and O–H groups in total. The first-order valence-electron chi connectivity index (χ1n) is 10.9. The highest BCUT2D eigenvalue weighted by atomic mass is 16.5. The fraction of sp³-hybridized carbons (Fsp3) is 0.545. The molecule has 2 aromatic rings. The number of aryl methyl sites for hydroxylation is 1. The number of hydrogen-bond donors (Lipinski definition) is 1. The van der Waals surface area contributed by atoms with Gasteiger partial charge >= 0.3 is 0 Å². The van der Waals surface area contributed by atoms with Gasteiger partial charge in [0.25, 0.3) is 11.5 Å². The van der Waals surface area contributed by atoms with Gasteiger partial charge in [-0.2, -0.15) is 0 Å². The van der Waals surface area contributed by atoms with Crippen molar-refractivity contribution in [1.29, 1.82) is 0 Å². The molecule has 4 rings (SSSR count). The first-order chi connectivity index (χ1) is 15.0. The van der Waals surface area contributed by atoms with E-state index in [1.54, 1.807) is 19.1 Å². The lowest BCUT2D eigenvalue weighted by molar-refractivity contribution is -0.116. The van der Waals surface area contributed by atoms with E-state index < -0.39 is 5.91 Å². The van der Waals surface area contributed by atoms with Crippen LogP contribution in [0.3, 0.4) is 0 Å². The smallest absolute Gasteiger partial charge is 0.255 e. The van der Waals surface area contributed by atoms with Crippen LogP contribution in [0, 0.1) is 12.8 Å². The molecule has 0 spiro atoms. The van der Waals surface area contributed by atoms with Crippen LogP contribution in [-0.2, 0) is 11.3 Å². The molecule has 1 atom stereocenters. The predicted octanol–water partition coefficient (Wildman–Crippen LogP) is 1.73. The van der Waals surface area contributed by atoms with Gasteiger partial charge in [-0.15, -0.1) is 0 Å². The molecule has 9 nitrogen and oxygen atoms in total. The van der Waals surface area contributed by atoms with E-state index in [0.29, 0.717) is 23.1 Å².